The number of hydrogen-bond donors (Lipinski definition) is 0. The highest BCUT2D eigenvalue weighted by Gasteiger charge is 2.01. The van der Waals surface area contributed by atoms with Crippen molar-refractivity contribution < 1.29 is 9.47 Å². The van der Waals surface area contributed by atoms with Crippen LogP contribution >= 0.6 is 34.8 Å². The van der Waals surface area contributed by atoms with Crippen LogP contribution in [-0.4, -0.2) is 25.7 Å². The molecular formula is C10H11Cl3O2. The second kappa shape index (κ2) is 7.18. The maximum absolute atomic E-state index is 5.89. The molecule has 0 N–H and O–H groups in total. The Morgan fingerprint density at radius 3 is 2.60 bits per heavy atom. The Balaban J connectivity index is 2.33. The van der Waals surface area contributed by atoms with Crippen LogP contribution in [0.1, 0.15) is 0 Å². The predicted octanol–water partition coefficient (Wildman–Crippen LogP) is 3.63. The second-order valence-electron chi connectivity index (χ2n) is 2.72. The van der Waals surface area contributed by atoms with Crippen LogP contribution in [0.5, 0.6) is 5.75 Å². The van der Waals surface area contributed by atoms with E-state index in [4.69, 9.17) is 44.3 Å². The molecule has 15 heavy (non-hydrogen) atoms. The molecule has 1 aromatic rings. The van der Waals surface area contributed by atoms with Gasteiger partial charge in [-0.25, -0.2) is 0 Å². The molecule has 0 atom stereocenters. The lowest BCUT2D eigenvalue weighted by Gasteiger charge is -2.08. The first kappa shape index (κ1) is 12.9. The van der Waals surface area contributed by atoms with Crippen molar-refractivity contribution in [3.05, 3.63) is 28.2 Å². The van der Waals surface area contributed by atoms with E-state index in [0.717, 1.165) is 0 Å². The third-order valence-electron chi connectivity index (χ3n) is 1.60. The van der Waals surface area contributed by atoms with Crippen LogP contribution in [0.25, 0.3) is 0 Å². The lowest BCUT2D eigenvalue weighted by atomic mass is 10.3. The molecule has 5 heteroatoms. The highest BCUT2D eigenvalue weighted by atomic mass is 35.5. The van der Waals surface area contributed by atoms with Gasteiger partial charge in [0.05, 0.1) is 18.2 Å². The summed E-state index contributed by atoms with van der Waals surface area (Å²) in [6, 6.07) is 5.07. The highest BCUT2D eigenvalue weighted by Crippen LogP contribution is 2.27. The molecule has 0 saturated carbocycles. The van der Waals surface area contributed by atoms with Gasteiger partial charge in [0, 0.05) is 17.0 Å². The molecule has 2 nitrogen and oxygen atoms in total. The zero-order chi connectivity index (χ0) is 11.1. The SMILES string of the molecule is ClCCOCCOc1cc(Cl)ccc1Cl. The Bertz CT molecular complexity index is 305. The molecule has 1 rings (SSSR count). The monoisotopic (exact) mass is 268 g/mol. The van der Waals surface area contributed by atoms with Gasteiger partial charge in [0.25, 0.3) is 0 Å². The topological polar surface area (TPSA) is 18.5 Å². The van der Waals surface area contributed by atoms with Crippen molar-refractivity contribution in [1.82, 2.24) is 0 Å². The van der Waals surface area contributed by atoms with E-state index in [9.17, 15) is 0 Å². The molecule has 0 bridgehead atoms. The van der Waals surface area contributed by atoms with Crippen LogP contribution in [0, 0.1) is 0 Å². The molecule has 0 aliphatic carbocycles. The minimum atomic E-state index is 0.428. The fourth-order valence-electron chi connectivity index (χ4n) is 0.955. The molecule has 0 aromatic heterocycles. The van der Waals surface area contributed by atoms with Crippen molar-refractivity contribution in [3.63, 3.8) is 0 Å². The van der Waals surface area contributed by atoms with E-state index in [0.29, 0.717) is 41.5 Å². The summed E-state index contributed by atoms with van der Waals surface area (Å²) in [5.41, 5.74) is 0. The molecule has 0 aliphatic heterocycles. The number of hydrogen-bond acceptors (Lipinski definition) is 2. The van der Waals surface area contributed by atoms with Crippen molar-refractivity contribution >= 4 is 34.8 Å². The van der Waals surface area contributed by atoms with E-state index >= 15 is 0 Å². The van der Waals surface area contributed by atoms with Gasteiger partial charge in [0.2, 0.25) is 0 Å². The van der Waals surface area contributed by atoms with Crippen LogP contribution in [0.4, 0.5) is 0 Å². The number of alkyl halides is 1. The average Bonchev–Trinajstić information content (AvgIpc) is 2.23. The van der Waals surface area contributed by atoms with Gasteiger partial charge in [-0.2, -0.15) is 0 Å². The van der Waals surface area contributed by atoms with Crippen molar-refractivity contribution in [2.24, 2.45) is 0 Å². The van der Waals surface area contributed by atoms with Gasteiger partial charge in [0.1, 0.15) is 12.4 Å². The zero-order valence-electron chi connectivity index (χ0n) is 8.01. The fraction of sp³-hybridized carbons (Fsp3) is 0.400. The summed E-state index contributed by atoms with van der Waals surface area (Å²) >= 11 is 17.1. The summed E-state index contributed by atoms with van der Waals surface area (Å²) in [6.07, 6.45) is 0. The Morgan fingerprint density at radius 2 is 1.87 bits per heavy atom. The van der Waals surface area contributed by atoms with Crippen molar-refractivity contribution in [2.45, 2.75) is 0 Å². The molecule has 0 aliphatic rings. The zero-order valence-corrected chi connectivity index (χ0v) is 10.3. The molecule has 0 spiro atoms. The van der Waals surface area contributed by atoms with Gasteiger partial charge in [0.15, 0.2) is 0 Å². The molecule has 0 heterocycles. The Hall–Kier alpha value is -0.150. The minimum absolute atomic E-state index is 0.428. The first-order valence-electron chi connectivity index (χ1n) is 4.45. The van der Waals surface area contributed by atoms with Crippen LogP contribution in [0.3, 0.4) is 0 Å². The first-order chi connectivity index (χ1) is 7.24. The summed E-state index contributed by atoms with van der Waals surface area (Å²) in [5.74, 6) is 1.05. The summed E-state index contributed by atoms with van der Waals surface area (Å²) in [6.45, 7) is 1.43. The van der Waals surface area contributed by atoms with Crippen molar-refractivity contribution in [3.8, 4) is 5.75 Å². The quantitative estimate of drug-likeness (QED) is 0.580. The average molecular weight is 270 g/mol. The van der Waals surface area contributed by atoms with Crippen LogP contribution < -0.4 is 4.74 Å². The lowest BCUT2D eigenvalue weighted by Crippen LogP contribution is -2.08. The number of rotatable bonds is 6. The van der Waals surface area contributed by atoms with Crippen molar-refractivity contribution in [1.29, 1.82) is 0 Å². The maximum Gasteiger partial charge on any atom is 0.139 e. The van der Waals surface area contributed by atoms with E-state index in [2.05, 4.69) is 0 Å². The molecule has 0 amide bonds. The lowest BCUT2D eigenvalue weighted by molar-refractivity contribution is 0.111. The Kier molecular flexibility index (Phi) is 6.18. The summed E-state index contributed by atoms with van der Waals surface area (Å²) in [4.78, 5) is 0. The standard InChI is InChI=1S/C10H11Cl3O2/c11-3-4-14-5-6-15-10-7-8(12)1-2-9(10)13/h1-2,7H,3-6H2. The Labute approximate surface area is 104 Å². The second-order valence-corrected chi connectivity index (χ2v) is 3.95. The van der Waals surface area contributed by atoms with E-state index in [1.807, 2.05) is 0 Å². The van der Waals surface area contributed by atoms with E-state index < -0.39 is 0 Å². The van der Waals surface area contributed by atoms with Gasteiger partial charge in [-0.05, 0) is 12.1 Å². The van der Waals surface area contributed by atoms with Crippen LogP contribution in [-0.2, 0) is 4.74 Å². The third-order valence-corrected chi connectivity index (χ3v) is 2.30. The van der Waals surface area contributed by atoms with E-state index in [-0.39, 0.29) is 0 Å². The summed E-state index contributed by atoms with van der Waals surface area (Å²) < 4.78 is 10.5. The normalized spacial score (nSPS) is 10.3. The predicted molar refractivity (Wildman–Crippen MR) is 63.5 cm³/mol. The number of halogens is 3. The smallest absolute Gasteiger partial charge is 0.139 e. The van der Waals surface area contributed by atoms with Crippen molar-refractivity contribution in [2.75, 3.05) is 25.7 Å². The van der Waals surface area contributed by atoms with E-state index in [1.165, 1.54) is 0 Å². The van der Waals surface area contributed by atoms with E-state index in [1.54, 1.807) is 18.2 Å². The molecule has 0 fully saturated rings. The summed E-state index contributed by atoms with van der Waals surface area (Å²) in [7, 11) is 0. The minimum Gasteiger partial charge on any atom is -0.490 e. The number of benzene rings is 1. The highest BCUT2D eigenvalue weighted by molar-refractivity contribution is 6.34. The third kappa shape index (κ3) is 4.94. The van der Waals surface area contributed by atoms with Gasteiger partial charge in [-0.1, -0.05) is 23.2 Å². The largest absolute Gasteiger partial charge is 0.490 e. The number of ether oxygens (including phenoxy) is 2. The van der Waals surface area contributed by atoms with Gasteiger partial charge in [-0.3, -0.25) is 0 Å². The van der Waals surface area contributed by atoms with Crippen LogP contribution in [0.15, 0.2) is 18.2 Å². The Morgan fingerprint density at radius 1 is 1.07 bits per heavy atom. The van der Waals surface area contributed by atoms with Crippen LogP contribution in [0.2, 0.25) is 10.0 Å². The molecule has 0 radical (unpaired) electrons. The molecule has 0 saturated heterocycles. The molecule has 1 aromatic carbocycles. The molecule has 0 unspecified atom stereocenters. The maximum atomic E-state index is 5.89. The molecule has 84 valence electrons. The van der Waals surface area contributed by atoms with Gasteiger partial charge in [-0.15, -0.1) is 11.6 Å². The fourth-order valence-corrected chi connectivity index (χ4v) is 1.40. The molecular weight excluding hydrogens is 258 g/mol. The van der Waals surface area contributed by atoms with Gasteiger partial charge >= 0.3 is 0 Å². The summed E-state index contributed by atoms with van der Waals surface area (Å²) in [5, 5.41) is 1.13. The van der Waals surface area contributed by atoms with Gasteiger partial charge < -0.3 is 9.47 Å². The first-order valence-corrected chi connectivity index (χ1v) is 5.74.